The third-order valence-electron chi connectivity index (χ3n) is 14.8. The van der Waals surface area contributed by atoms with Crippen LogP contribution in [0.15, 0.2) is 0 Å². The van der Waals surface area contributed by atoms with Gasteiger partial charge in [-0.05, 0) is 37.0 Å². The fourth-order valence-electron chi connectivity index (χ4n) is 9.67. The summed E-state index contributed by atoms with van der Waals surface area (Å²) < 4.78 is 16.9. The van der Waals surface area contributed by atoms with Crippen molar-refractivity contribution < 1.29 is 28.6 Å². The molecule has 6 nitrogen and oxygen atoms in total. The largest absolute Gasteiger partial charge is 0.462 e. The van der Waals surface area contributed by atoms with Gasteiger partial charge in [0.05, 0.1) is 0 Å². The van der Waals surface area contributed by atoms with Crippen LogP contribution in [0.4, 0.5) is 0 Å². The van der Waals surface area contributed by atoms with E-state index in [4.69, 9.17) is 14.2 Å². The van der Waals surface area contributed by atoms with Gasteiger partial charge in [-0.15, -0.1) is 0 Å². The van der Waals surface area contributed by atoms with Crippen molar-refractivity contribution in [2.24, 2.45) is 17.8 Å². The van der Waals surface area contributed by atoms with Gasteiger partial charge in [0.2, 0.25) is 0 Å². The summed E-state index contributed by atoms with van der Waals surface area (Å²) in [6.45, 7) is 13.8. The molecule has 1 unspecified atom stereocenters. The monoisotopic (exact) mass is 975 g/mol. The van der Waals surface area contributed by atoms with Gasteiger partial charge in [-0.25, -0.2) is 0 Å². The van der Waals surface area contributed by atoms with Crippen molar-refractivity contribution in [2.45, 2.75) is 356 Å². The number of hydrogen-bond acceptors (Lipinski definition) is 6. The van der Waals surface area contributed by atoms with Crippen LogP contribution in [0.3, 0.4) is 0 Å². The number of rotatable bonds is 56. The Morgan fingerprint density at radius 1 is 0.290 bits per heavy atom. The van der Waals surface area contributed by atoms with Gasteiger partial charge in [-0.3, -0.25) is 14.4 Å². The van der Waals surface area contributed by atoms with Crippen molar-refractivity contribution in [1.29, 1.82) is 0 Å². The standard InChI is InChI=1S/C63H122O6/c1-7-59(6)51-45-39-33-27-20-16-12-10-8-9-11-13-17-21-28-34-40-46-52-61(64)67-55-60(69-63(66)54-48-42-36-30-24-23-26-32-38-44-50-58(4)5)56-68-62(65)53-47-41-35-29-22-18-14-15-19-25-31-37-43-49-57(2)3/h57-60H,7-56H2,1-6H3/t59?,60-/m0/s1. The van der Waals surface area contributed by atoms with E-state index in [0.29, 0.717) is 19.3 Å². The predicted molar refractivity (Wildman–Crippen MR) is 298 cm³/mol. The molecule has 0 aromatic carbocycles. The molecule has 0 fully saturated rings. The van der Waals surface area contributed by atoms with Crippen molar-refractivity contribution in [1.82, 2.24) is 0 Å². The molecule has 0 bridgehead atoms. The van der Waals surface area contributed by atoms with E-state index in [9.17, 15) is 14.4 Å². The SMILES string of the molecule is CCC(C)CCCCCCCCCCCCCCCCCCCCC(=O)OC[C@@H](COC(=O)CCCCCCCCCCCCCCCC(C)C)OC(=O)CCCCCCCCCCCCC(C)C. The summed E-state index contributed by atoms with van der Waals surface area (Å²) in [4.78, 5) is 38.2. The maximum absolute atomic E-state index is 12.9. The van der Waals surface area contributed by atoms with Crippen LogP contribution >= 0.6 is 0 Å². The molecule has 410 valence electrons. The molecule has 0 N–H and O–H groups in total. The smallest absolute Gasteiger partial charge is 0.306 e. The molecule has 0 aromatic heterocycles. The highest BCUT2D eigenvalue weighted by Gasteiger charge is 2.19. The number of carbonyl (C=O) groups excluding carboxylic acids is 3. The van der Waals surface area contributed by atoms with E-state index in [2.05, 4.69) is 41.5 Å². The first-order valence-electron chi connectivity index (χ1n) is 31.1. The maximum Gasteiger partial charge on any atom is 0.306 e. The molecule has 0 amide bonds. The summed E-state index contributed by atoms with van der Waals surface area (Å²) in [7, 11) is 0. The minimum Gasteiger partial charge on any atom is -0.462 e. The molecule has 0 aliphatic rings. The molecule has 0 spiro atoms. The Hall–Kier alpha value is -1.59. The van der Waals surface area contributed by atoms with E-state index < -0.39 is 6.10 Å². The molecular formula is C63H122O6. The highest BCUT2D eigenvalue weighted by molar-refractivity contribution is 5.71. The molecule has 0 radical (unpaired) electrons. The first-order chi connectivity index (χ1) is 33.6. The minimum atomic E-state index is -0.764. The van der Waals surface area contributed by atoms with Crippen LogP contribution in [0.5, 0.6) is 0 Å². The van der Waals surface area contributed by atoms with Gasteiger partial charge in [0.25, 0.3) is 0 Å². The molecule has 0 rings (SSSR count). The quantitative estimate of drug-likeness (QED) is 0.0343. The van der Waals surface area contributed by atoms with Crippen molar-refractivity contribution in [2.75, 3.05) is 13.2 Å². The summed E-state index contributed by atoms with van der Waals surface area (Å²) in [5, 5.41) is 0. The van der Waals surface area contributed by atoms with E-state index in [1.807, 2.05) is 0 Å². The molecule has 6 heteroatoms. The second-order valence-corrected chi connectivity index (χ2v) is 22.9. The zero-order chi connectivity index (χ0) is 50.5. The van der Waals surface area contributed by atoms with E-state index in [1.165, 1.54) is 231 Å². The summed E-state index contributed by atoms with van der Waals surface area (Å²) in [5.74, 6) is 1.73. The number of unbranched alkanes of at least 4 members (excludes halogenated alkanes) is 38. The lowest BCUT2D eigenvalue weighted by atomic mass is 9.99. The third-order valence-corrected chi connectivity index (χ3v) is 14.8. The van der Waals surface area contributed by atoms with Crippen LogP contribution < -0.4 is 0 Å². The average Bonchev–Trinajstić information content (AvgIpc) is 3.32. The second kappa shape index (κ2) is 54.2. The fourth-order valence-corrected chi connectivity index (χ4v) is 9.67. The fraction of sp³-hybridized carbons (Fsp3) is 0.952. The zero-order valence-electron chi connectivity index (χ0n) is 47.6. The first-order valence-corrected chi connectivity index (χ1v) is 31.1. The Kier molecular flexibility index (Phi) is 52.9. The lowest BCUT2D eigenvalue weighted by Gasteiger charge is -2.18. The van der Waals surface area contributed by atoms with E-state index in [-0.39, 0.29) is 31.1 Å². The summed E-state index contributed by atoms with van der Waals surface area (Å²) in [6, 6.07) is 0. The Morgan fingerprint density at radius 3 is 0.754 bits per heavy atom. The van der Waals surface area contributed by atoms with Gasteiger partial charge in [-0.2, -0.15) is 0 Å². The molecule has 0 saturated carbocycles. The lowest BCUT2D eigenvalue weighted by molar-refractivity contribution is -0.167. The van der Waals surface area contributed by atoms with Crippen LogP contribution in [0.1, 0.15) is 350 Å². The highest BCUT2D eigenvalue weighted by Crippen LogP contribution is 2.19. The van der Waals surface area contributed by atoms with Gasteiger partial charge in [0.15, 0.2) is 6.10 Å². The second-order valence-electron chi connectivity index (χ2n) is 22.9. The van der Waals surface area contributed by atoms with Crippen molar-refractivity contribution in [3.05, 3.63) is 0 Å². The molecule has 0 heterocycles. The average molecular weight is 976 g/mol. The third kappa shape index (κ3) is 55.6. The van der Waals surface area contributed by atoms with Crippen molar-refractivity contribution in [3.63, 3.8) is 0 Å². The summed E-state index contributed by atoms with van der Waals surface area (Å²) >= 11 is 0. The number of carbonyl (C=O) groups is 3. The Bertz CT molecular complexity index is 1070. The molecule has 0 aliphatic carbocycles. The molecule has 0 aliphatic heterocycles. The van der Waals surface area contributed by atoms with E-state index in [0.717, 1.165) is 75.5 Å². The van der Waals surface area contributed by atoms with Gasteiger partial charge >= 0.3 is 17.9 Å². The highest BCUT2D eigenvalue weighted by atomic mass is 16.6. The van der Waals surface area contributed by atoms with E-state index >= 15 is 0 Å². The minimum absolute atomic E-state index is 0.0631. The van der Waals surface area contributed by atoms with E-state index in [1.54, 1.807) is 0 Å². The number of hydrogen-bond donors (Lipinski definition) is 0. The van der Waals surface area contributed by atoms with Crippen LogP contribution in [-0.4, -0.2) is 37.2 Å². The topological polar surface area (TPSA) is 78.9 Å². The van der Waals surface area contributed by atoms with Gasteiger partial charge in [0, 0.05) is 19.3 Å². The molecule has 0 saturated heterocycles. The Balaban J connectivity index is 4.23. The van der Waals surface area contributed by atoms with Crippen LogP contribution in [0.25, 0.3) is 0 Å². The Morgan fingerprint density at radius 2 is 0.507 bits per heavy atom. The molecular weight excluding hydrogens is 853 g/mol. The van der Waals surface area contributed by atoms with Gasteiger partial charge in [-0.1, -0.05) is 311 Å². The lowest BCUT2D eigenvalue weighted by Crippen LogP contribution is -2.30. The maximum atomic E-state index is 12.9. The molecule has 2 atom stereocenters. The van der Waals surface area contributed by atoms with Gasteiger partial charge < -0.3 is 14.2 Å². The van der Waals surface area contributed by atoms with Crippen LogP contribution in [0.2, 0.25) is 0 Å². The number of ether oxygens (including phenoxy) is 3. The predicted octanol–water partition coefficient (Wildman–Crippen LogP) is 20.7. The first kappa shape index (κ1) is 67.4. The normalized spacial score (nSPS) is 12.5. The summed E-state index contributed by atoms with van der Waals surface area (Å²) in [5.41, 5.74) is 0. The van der Waals surface area contributed by atoms with Crippen LogP contribution in [-0.2, 0) is 28.6 Å². The van der Waals surface area contributed by atoms with Crippen LogP contribution in [0, 0.1) is 17.8 Å². The zero-order valence-corrected chi connectivity index (χ0v) is 47.6. The van der Waals surface area contributed by atoms with Crippen molar-refractivity contribution in [3.8, 4) is 0 Å². The molecule has 0 aromatic rings. The molecule has 69 heavy (non-hydrogen) atoms. The summed E-state index contributed by atoms with van der Waals surface area (Å²) in [6.07, 6.45) is 58.1. The van der Waals surface area contributed by atoms with Gasteiger partial charge in [0.1, 0.15) is 13.2 Å². The Labute approximate surface area is 431 Å². The van der Waals surface area contributed by atoms with Crippen molar-refractivity contribution >= 4 is 17.9 Å². The number of esters is 3.